The molecular formula is C12H22N2OS. The summed E-state index contributed by atoms with van der Waals surface area (Å²) >= 11 is 5.30. The number of nitrogens with one attached hydrogen (secondary N) is 2. The molecule has 0 aromatic heterocycles. The number of thiocarbonyl (C=S) groups is 1. The normalized spacial score (nSPS) is 30.6. The minimum absolute atomic E-state index is 0.377. The second kappa shape index (κ2) is 5.82. The van der Waals surface area contributed by atoms with Crippen molar-refractivity contribution in [1.29, 1.82) is 0 Å². The van der Waals surface area contributed by atoms with Gasteiger partial charge in [-0.2, -0.15) is 0 Å². The van der Waals surface area contributed by atoms with Crippen molar-refractivity contribution < 1.29 is 4.74 Å². The van der Waals surface area contributed by atoms with Gasteiger partial charge in [0.25, 0.3) is 0 Å². The molecule has 0 spiro atoms. The Morgan fingerprint density at radius 1 is 1.31 bits per heavy atom. The van der Waals surface area contributed by atoms with Crippen LogP contribution in [0.3, 0.4) is 0 Å². The van der Waals surface area contributed by atoms with Crippen molar-refractivity contribution in [3.63, 3.8) is 0 Å². The molecule has 2 rings (SSSR count). The fourth-order valence-electron chi connectivity index (χ4n) is 2.57. The van der Waals surface area contributed by atoms with Crippen LogP contribution in [0.1, 0.15) is 39.0 Å². The van der Waals surface area contributed by atoms with Crippen LogP contribution < -0.4 is 10.6 Å². The van der Waals surface area contributed by atoms with E-state index in [1.165, 1.54) is 25.7 Å². The summed E-state index contributed by atoms with van der Waals surface area (Å²) in [7, 11) is 0. The molecule has 0 aromatic rings. The maximum atomic E-state index is 5.53. The van der Waals surface area contributed by atoms with Gasteiger partial charge >= 0.3 is 0 Å². The van der Waals surface area contributed by atoms with E-state index in [-0.39, 0.29) is 0 Å². The van der Waals surface area contributed by atoms with Crippen molar-refractivity contribution in [1.82, 2.24) is 10.6 Å². The lowest BCUT2D eigenvalue weighted by molar-refractivity contribution is 0.106. The van der Waals surface area contributed by atoms with Crippen LogP contribution in [-0.4, -0.2) is 30.4 Å². The lowest BCUT2D eigenvalue weighted by Crippen LogP contribution is -2.43. The average Bonchev–Trinajstić information content (AvgIpc) is 2.87. The van der Waals surface area contributed by atoms with Gasteiger partial charge in [0.05, 0.1) is 6.10 Å². The van der Waals surface area contributed by atoms with Crippen LogP contribution >= 0.6 is 12.2 Å². The van der Waals surface area contributed by atoms with Gasteiger partial charge < -0.3 is 15.4 Å². The lowest BCUT2D eigenvalue weighted by atomic mass is 10.0. The first-order chi connectivity index (χ1) is 7.75. The van der Waals surface area contributed by atoms with Gasteiger partial charge in [0, 0.05) is 25.1 Å². The Hall–Kier alpha value is -0.350. The van der Waals surface area contributed by atoms with Crippen molar-refractivity contribution in [3.8, 4) is 0 Å². The first-order valence-electron chi connectivity index (χ1n) is 6.41. The third kappa shape index (κ3) is 3.32. The Balaban J connectivity index is 1.63. The van der Waals surface area contributed by atoms with Gasteiger partial charge in [0.15, 0.2) is 5.11 Å². The quantitative estimate of drug-likeness (QED) is 0.740. The lowest BCUT2D eigenvalue weighted by Gasteiger charge is -2.19. The van der Waals surface area contributed by atoms with Crippen LogP contribution in [0.4, 0.5) is 0 Å². The Kier molecular flexibility index (Phi) is 4.41. The zero-order chi connectivity index (χ0) is 11.4. The summed E-state index contributed by atoms with van der Waals surface area (Å²) in [6.45, 7) is 3.99. The number of ether oxygens (including phenoxy) is 1. The molecular weight excluding hydrogens is 220 g/mol. The standard InChI is InChI=1S/C12H22N2OS/c1-9-10(6-7-15-9)8-13-12(16)14-11-4-2-3-5-11/h9-11H,2-8H2,1H3,(H2,13,14,16). The van der Waals surface area contributed by atoms with E-state index in [1.54, 1.807) is 0 Å². The fourth-order valence-corrected chi connectivity index (χ4v) is 2.82. The van der Waals surface area contributed by atoms with Gasteiger partial charge in [-0.3, -0.25) is 0 Å². The number of rotatable bonds is 3. The summed E-state index contributed by atoms with van der Waals surface area (Å²) in [6.07, 6.45) is 6.75. The summed E-state index contributed by atoms with van der Waals surface area (Å²) < 4.78 is 5.53. The highest BCUT2D eigenvalue weighted by molar-refractivity contribution is 7.80. The van der Waals surface area contributed by atoms with Crippen LogP contribution in [0, 0.1) is 5.92 Å². The van der Waals surface area contributed by atoms with Crippen molar-refractivity contribution in [2.75, 3.05) is 13.2 Å². The van der Waals surface area contributed by atoms with E-state index < -0.39 is 0 Å². The zero-order valence-corrected chi connectivity index (χ0v) is 10.8. The van der Waals surface area contributed by atoms with Gasteiger partial charge in [-0.25, -0.2) is 0 Å². The van der Waals surface area contributed by atoms with Crippen LogP contribution in [0.5, 0.6) is 0 Å². The fraction of sp³-hybridized carbons (Fsp3) is 0.917. The molecule has 1 saturated heterocycles. The maximum absolute atomic E-state index is 5.53. The highest BCUT2D eigenvalue weighted by Crippen LogP contribution is 2.19. The minimum Gasteiger partial charge on any atom is -0.378 e. The van der Waals surface area contributed by atoms with Crippen LogP contribution in [0.15, 0.2) is 0 Å². The highest BCUT2D eigenvalue weighted by atomic mass is 32.1. The maximum Gasteiger partial charge on any atom is 0.166 e. The molecule has 0 bridgehead atoms. The number of hydrogen-bond acceptors (Lipinski definition) is 2. The predicted octanol–water partition coefficient (Wildman–Crippen LogP) is 1.82. The SMILES string of the molecule is CC1OCCC1CNC(=S)NC1CCCC1. The monoisotopic (exact) mass is 242 g/mol. The van der Waals surface area contributed by atoms with Gasteiger partial charge in [-0.1, -0.05) is 12.8 Å². The second-order valence-corrected chi connectivity index (χ2v) is 5.37. The van der Waals surface area contributed by atoms with Crippen molar-refractivity contribution in [3.05, 3.63) is 0 Å². The molecule has 1 aliphatic carbocycles. The van der Waals surface area contributed by atoms with E-state index in [0.717, 1.165) is 24.7 Å². The Morgan fingerprint density at radius 3 is 2.69 bits per heavy atom. The van der Waals surface area contributed by atoms with E-state index in [1.807, 2.05) is 0 Å². The molecule has 4 heteroatoms. The number of hydrogen-bond donors (Lipinski definition) is 2. The summed E-state index contributed by atoms with van der Waals surface area (Å²) in [6, 6.07) is 0.609. The Labute approximate surface area is 103 Å². The third-order valence-electron chi connectivity index (χ3n) is 3.75. The molecule has 92 valence electrons. The molecule has 0 amide bonds. The van der Waals surface area contributed by atoms with Crippen molar-refractivity contribution in [2.24, 2.45) is 5.92 Å². The van der Waals surface area contributed by atoms with E-state index in [4.69, 9.17) is 17.0 Å². The second-order valence-electron chi connectivity index (χ2n) is 4.96. The van der Waals surface area contributed by atoms with Gasteiger partial charge in [-0.05, 0) is 38.4 Å². The molecule has 2 atom stereocenters. The van der Waals surface area contributed by atoms with Gasteiger partial charge in [0.2, 0.25) is 0 Å². The highest BCUT2D eigenvalue weighted by Gasteiger charge is 2.24. The van der Waals surface area contributed by atoms with Gasteiger partial charge in [0.1, 0.15) is 0 Å². The average molecular weight is 242 g/mol. The molecule has 0 radical (unpaired) electrons. The van der Waals surface area contributed by atoms with Crippen molar-refractivity contribution in [2.45, 2.75) is 51.2 Å². The molecule has 1 saturated carbocycles. The predicted molar refractivity (Wildman–Crippen MR) is 69.5 cm³/mol. The van der Waals surface area contributed by atoms with E-state index in [2.05, 4.69) is 17.6 Å². The molecule has 2 aliphatic rings. The van der Waals surface area contributed by atoms with Crippen molar-refractivity contribution >= 4 is 17.3 Å². The third-order valence-corrected chi connectivity index (χ3v) is 4.01. The molecule has 1 heterocycles. The molecule has 2 fully saturated rings. The zero-order valence-electron chi connectivity index (χ0n) is 10.00. The van der Waals surface area contributed by atoms with E-state index in [9.17, 15) is 0 Å². The molecule has 2 unspecified atom stereocenters. The Bertz CT molecular complexity index is 241. The largest absolute Gasteiger partial charge is 0.378 e. The Morgan fingerprint density at radius 2 is 2.06 bits per heavy atom. The molecule has 16 heavy (non-hydrogen) atoms. The molecule has 2 N–H and O–H groups in total. The summed E-state index contributed by atoms with van der Waals surface area (Å²) in [5.41, 5.74) is 0. The first-order valence-corrected chi connectivity index (χ1v) is 6.82. The topological polar surface area (TPSA) is 33.3 Å². The van der Waals surface area contributed by atoms with Crippen LogP contribution in [0.25, 0.3) is 0 Å². The van der Waals surface area contributed by atoms with Crippen LogP contribution in [-0.2, 0) is 4.74 Å². The minimum atomic E-state index is 0.377. The van der Waals surface area contributed by atoms with E-state index >= 15 is 0 Å². The first kappa shape index (κ1) is 12.1. The molecule has 3 nitrogen and oxygen atoms in total. The molecule has 0 aromatic carbocycles. The van der Waals surface area contributed by atoms with E-state index in [0.29, 0.717) is 18.1 Å². The molecule has 1 aliphatic heterocycles. The summed E-state index contributed by atoms with van der Waals surface area (Å²) in [5, 5.41) is 7.54. The van der Waals surface area contributed by atoms with Crippen LogP contribution in [0.2, 0.25) is 0 Å². The summed E-state index contributed by atoms with van der Waals surface area (Å²) in [5.74, 6) is 0.614. The summed E-state index contributed by atoms with van der Waals surface area (Å²) in [4.78, 5) is 0. The van der Waals surface area contributed by atoms with Gasteiger partial charge in [-0.15, -0.1) is 0 Å². The smallest absolute Gasteiger partial charge is 0.166 e.